The molecule has 0 saturated carbocycles. The number of fused-ring (bicyclic) bond motifs is 1. The molecule has 1 saturated heterocycles. The molecular formula is C30H36ClN7O2. The molecule has 2 aliphatic heterocycles. The standard InChI is InChI=1S/C30H36ClN7O2/c1-18-13-19(21-8-6-12-38(16-21)17-25(39)32-4)10-11-23(18)36-29-34-15-22(31)27(37-29)33-14-20-7-5-9-24-26(20)30(2,3)28(40)35-24/h5,7,9-11,13,15,21H,6,8,12,14,16-17H2,1-4H3,(H,32,39)(H,35,40)(H2,33,34,36,37). The molecule has 3 heterocycles. The van der Waals surface area contributed by atoms with Crippen LogP contribution in [0.1, 0.15) is 54.9 Å². The number of hydrogen-bond donors (Lipinski definition) is 4. The molecule has 2 aliphatic rings. The van der Waals surface area contributed by atoms with Gasteiger partial charge in [-0.15, -0.1) is 0 Å². The first-order chi connectivity index (χ1) is 19.2. The number of halogens is 1. The highest BCUT2D eigenvalue weighted by Crippen LogP contribution is 2.40. The van der Waals surface area contributed by atoms with Crippen molar-refractivity contribution < 1.29 is 9.59 Å². The Bertz CT molecular complexity index is 1440. The number of piperidine rings is 1. The lowest BCUT2D eigenvalue weighted by molar-refractivity contribution is -0.122. The highest BCUT2D eigenvalue weighted by molar-refractivity contribution is 6.32. The summed E-state index contributed by atoms with van der Waals surface area (Å²) in [6.45, 7) is 8.66. The number of nitrogens with one attached hydrogen (secondary N) is 4. The maximum absolute atomic E-state index is 12.5. The highest BCUT2D eigenvalue weighted by Gasteiger charge is 2.39. The monoisotopic (exact) mass is 561 g/mol. The van der Waals surface area contributed by atoms with Crippen molar-refractivity contribution in [2.75, 3.05) is 42.6 Å². The van der Waals surface area contributed by atoms with Crippen molar-refractivity contribution in [1.82, 2.24) is 20.2 Å². The van der Waals surface area contributed by atoms with Gasteiger partial charge in [-0.1, -0.05) is 35.9 Å². The smallest absolute Gasteiger partial charge is 0.234 e. The number of amides is 2. The van der Waals surface area contributed by atoms with Gasteiger partial charge in [-0.05, 0) is 80.5 Å². The lowest BCUT2D eigenvalue weighted by atomic mass is 9.83. The molecule has 0 spiro atoms. The van der Waals surface area contributed by atoms with Crippen molar-refractivity contribution in [1.29, 1.82) is 0 Å². The number of likely N-dealkylation sites (N-methyl/N-ethyl adjacent to an activating group) is 1. The van der Waals surface area contributed by atoms with Crippen molar-refractivity contribution in [3.63, 3.8) is 0 Å². The maximum atomic E-state index is 12.5. The SMILES string of the molecule is CNC(=O)CN1CCCC(c2ccc(Nc3ncc(Cl)c(NCc4cccc5c4C(C)(C)C(=O)N5)n3)c(C)c2)C1. The van der Waals surface area contributed by atoms with Crippen LogP contribution >= 0.6 is 11.6 Å². The molecule has 2 aromatic carbocycles. The number of carbonyl (C=O) groups excluding carboxylic acids is 2. The van der Waals surface area contributed by atoms with Gasteiger partial charge in [0.1, 0.15) is 5.02 Å². The number of benzene rings is 2. The zero-order chi connectivity index (χ0) is 28.4. The molecule has 40 heavy (non-hydrogen) atoms. The summed E-state index contributed by atoms with van der Waals surface area (Å²) < 4.78 is 0. The minimum atomic E-state index is -0.612. The summed E-state index contributed by atoms with van der Waals surface area (Å²) in [6.07, 6.45) is 3.76. The number of anilines is 4. The van der Waals surface area contributed by atoms with Gasteiger partial charge in [0, 0.05) is 31.5 Å². The summed E-state index contributed by atoms with van der Waals surface area (Å²) in [5, 5.41) is 12.8. The Morgan fingerprint density at radius 1 is 1.25 bits per heavy atom. The zero-order valence-electron chi connectivity index (χ0n) is 23.4. The van der Waals surface area contributed by atoms with E-state index in [1.807, 2.05) is 32.0 Å². The molecule has 2 amide bonds. The third kappa shape index (κ3) is 5.76. The second kappa shape index (κ2) is 11.4. The van der Waals surface area contributed by atoms with Crippen LogP contribution < -0.4 is 21.3 Å². The molecule has 0 aliphatic carbocycles. The van der Waals surface area contributed by atoms with Gasteiger partial charge in [0.25, 0.3) is 0 Å². The molecule has 5 rings (SSSR count). The van der Waals surface area contributed by atoms with Crippen molar-refractivity contribution >= 4 is 46.6 Å². The summed E-state index contributed by atoms with van der Waals surface area (Å²) in [6, 6.07) is 12.3. The Morgan fingerprint density at radius 3 is 2.85 bits per heavy atom. The van der Waals surface area contributed by atoms with Gasteiger partial charge in [0.05, 0.1) is 18.2 Å². The van der Waals surface area contributed by atoms with E-state index in [9.17, 15) is 9.59 Å². The Labute approximate surface area is 240 Å². The molecule has 1 fully saturated rings. The maximum Gasteiger partial charge on any atom is 0.234 e. The van der Waals surface area contributed by atoms with Gasteiger partial charge in [0.2, 0.25) is 17.8 Å². The summed E-state index contributed by atoms with van der Waals surface area (Å²) in [4.78, 5) is 35.5. The van der Waals surface area contributed by atoms with Crippen molar-refractivity contribution in [3.05, 3.63) is 69.9 Å². The van der Waals surface area contributed by atoms with Crippen LogP contribution in [0.3, 0.4) is 0 Å². The Hall–Kier alpha value is -3.69. The number of rotatable bonds is 8. The third-order valence-electron chi connectivity index (χ3n) is 7.90. The average molecular weight is 562 g/mol. The molecular weight excluding hydrogens is 526 g/mol. The van der Waals surface area contributed by atoms with Crippen LogP contribution in [0.4, 0.5) is 23.1 Å². The van der Waals surface area contributed by atoms with E-state index in [2.05, 4.69) is 61.3 Å². The minimum absolute atomic E-state index is 0.00685. The lowest BCUT2D eigenvalue weighted by Crippen LogP contribution is -2.41. The van der Waals surface area contributed by atoms with Crippen LogP contribution in [0, 0.1) is 6.92 Å². The van der Waals surface area contributed by atoms with E-state index in [0.717, 1.165) is 54.0 Å². The first-order valence-corrected chi connectivity index (χ1v) is 14.0. The van der Waals surface area contributed by atoms with Crippen LogP contribution in [0.2, 0.25) is 5.02 Å². The van der Waals surface area contributed by atoms with Gasteiger partial charge in [-0.3, -0.25) is 14.5 Å². The van der Waals surface area contributed by atoms with Crippen LogP contribution in [0.25, 0.3) is 0 Å². The molecule has 9 nitrogen and oxygen atoms in total. The number of likely N-dealkylation sites (tertiary alicyclic amines) is 1. The molecule has 0 radical (unpaired) electrons. The van der Waals surface area contributed by atoms with E-state index in [1.54, 1.807) is 13.2 Å². The fraction of sp³-hybridized carbons (Fsp3) is 0.400. The van der Waals surface area contributed by atoms with Crippen LogP contribution in [-0.2, 0) is 21.5 Å². The van der Waals surface area contributed by atoms with Gasteiger partial charge < -0.3 is 21.3 Å². The van der Waals surface area contributed by atoms with E-state index < -0.39 is 5.41 Å². The summed E-state index contributed by atoms with van der Waals surface area (Å²) in [5.41, 5.74) is 5.51. The second-order valence-corrected chi connectivity index (χ2v) is 11.5. The topological polar surface area (TPSA) is 111 Å². The summed E-state index contributed by atoms with van der Waals surface area (Å²) in [7, 11) is 1.68. The van der Waals surface area contributed by atoms with E-state index in [4.69, 9.17) is 11.6 Å². The van der Waals surface area contributed by atoms with E-state index in [-0.39, 0.29) is 11.8 Å². The quantitative estimate of drug-likeness (QED) is 0.308. The summed E-state index contributed by atoms with van der Waals surface area (Å²) >= 11 is 6.44. The van der Waals surface area contributed by atoms with Crippen molar-refractivity contribution in [2.24, 2.45) is 0 Å². The lowest BCUT2D eigenvalue weighted by Gasteiger charge is -2.32. The van der Waals surface area contributed by atoms with Crippen LogP contribution in [0.15, 0.2) is 42.6 Å². The molecule has 10 heteroatoms. The average Bonchev–Trinajstić information content (AvgIpc) is 3.18. The highest BCUT2D eigenvalue weighted by atomic mass is 35.5. The zero-order valence-corrected chi connectivity index (χ0v) is 24.2. The van der Waals surface area contributed by atoms with Gasteiger partial charge >= 0.3 is 0 Å². The van der Waals surface area contributed by atoms with Gasteiger partial charge in [-0.2, -0.15) is 4.98 Å². The third-order valence-corrected chi connectivity index (χ3v) is 8.18. The fourth-order valence-corrected chi connectivity index (χ4v) is 5.82. The first kappa shape index (κ1) is 27.9. The molecule has 3 aromatic rings. The molecule has 0 bridgehead atoms. The van der Waals surface area contributed by atoms with Crippen molar-refractivity contribution in [2.45, 2.75) is 51.5 Å². The first-order valence-electron chi connectivity index (χ1n) is 13.7. The normalized spacial score (nSPS) is 18.1. The largest absolute Gasteiger partial charge is 0.365 e. The predicted octanol–water partition coefficient (Wildman–Crippen LogP) is 4.95. The Balaban J connectivity index is 1.27. The van der Waals surface area contributed by atoms with Gasteiger partial charge in [-0.25, -0.2) is 4.98 Å². The van der Waals surface area contributed by atoms with E-state index in [0.29, 0.717) is 35.8 Å². The molecule has 1 atom stereocenters. The van der Waals surface area contributed by atoms with Crippen molar-refractivity contribution in [3.8, 4) is 0 Å². The van der Waals surface area contributed by atoms with E-state index in [1.165, 1.54) is 5.56 Å². The number of nitrogens with zero attached hydrogens (tertiary/aromatic N) is 3. The molecule has 1 aromatic heterocycles. The number of hydrogen-bond acceptors (Lipinski definition) is 7. The number of aryl methyl sites for hydroxylation is 1. The predicted molar refractivity (Wildman–Crippen MR) is 159 cm³/mol. The molecule has 4 N–H and O–H groups in total. The number of carbonyl (C=O) groups is 2. The molecule has 210 valence electrons. The van der Waals surface area contributed by atoms with Crippen LogP contribution in [0.5, 0.6) is 0 Å². The molecule has 1 unspecified atom stereocenters. The summed E-state index contributed by atoms with van der Waals surface area (Å²) in [5.74, 6) is 1.39. The second-order valence-electron chi connectivity index (χ2n) is 11.1. The van der Waals surface area contributed by atoms with Crippen LogP contribution in [-0.4, -0.2) is 53.4 Å². The minimum Gasteiger partial charge on any atom is -0.365 e. The van der Waals surface area contributed by atoms with Gasteiger partial charge in [0.15, 0.2) is 5.82 Å². The Kier molecular flexibility index (Phi) is 7.96. The Morgan fingerprint density at radius 2 is 2.08 bits per heavy atom. The number of aromatic nitrogens is 2. The van der Waals surface area contributed by atoms with E-state index >= 15 is 0 Å². The fourth-order valence-electron chi connectivity index (χ4n) is 5.67.